The Labute approximate surface area is 226 Å². The quantitative estimate of drug-likeness (QED) is 0.237. The van der Waals surface area contributed by atoms with E-state index in [9.17, 15) is 26.4 Å². The molecule has 3 rings (SSSR count). The normalized spacial score (nSPS) is 11.9. The molecule has 0 saturated heterocycles. The van der Waals surface area contributed by atoms with Crippen LogP contribution in [-0.4, -0.2) is 39.6 Å². The lowest BCUT2D eigenvalue weighted by Gasteiger charge is -2.13. The molecule has 38 heavy (non-hydrogen) atoms. The minimum atomic E-state index is -4.66. The van der Waals surface area contributed by atoms with Crippen LogP contribution in [0.1, 0.15) is 11.1 Å². The van der Waals surface area contributed by atoms with Crippen molar-refractivity contribution in [1.29, 1.82) is 0 Å². The maximum Gasteiger partial charge on any atom is 0.417 e. The summed E-state index contributed by atoms with van der Waals surface area (Å²) in [6.45, 7) is 0.472. The second-order valence-electron chi connectivity index (χ2n) is 7.41. The van der Waals surface area contributed by atoms with Crippen molar-refractivity contribution in [3.63, 3.8) is 0 Å². The number of sulfonamides is 1. The van der Waals surface area contributed by atoms with Gasteiger partial charge in [0, 0.05) is 36.0 Å². The first-order valence-electron chi connectivity index (χ1n) is 10.6. The largest absolute Gasteiger partial charge is 0.491 e. The summed E-state index contributed by atoms with van der Waals surface area (Å²) in [6.07, 6.45) is -1.94. The smallest absolute Gasteiger partial charge is 0.417 e. The fraction of sp³-hybridized carbons (Fsp3) is 0.167. The van der Waals surface area contributed by atoms with Crippen molar-refractivity contribution in [3.05, 3.63) is 82.0 Å². The first-order chi connectivity index (χ1) is 17.9. The number of pyridine rings is 1. The minimum Gasteiger partial charge on any atom is -0.491 e. The molecule has 1 heterocycles. The molecule has 1 aromatic heterocycles. The summed E-state index contributed by atoms with van der Waals surface area (Å²) >= 11 is 11.8. The molecule has 3 aromatic rings. The molecule has 0 aliphatic carbocycles. The van der Waals surface area contributed by atoms with Crippen molar-refractivity contribution in [2.75, 3.05) is 20.3 Å². The third-order valence-corrected chi connectivity index (χ3v) is 6.49. The molecule has 0 atom stereocenters. The molecule has 0 saturated carbocycles. The number of amides is 1. The van der Waals surface area contributed by atoms with E-state index < -0.39 is 32.7 Å². The zero-order chi connectivity index (χ0) is 27.9. The van der Waals surface area contributed by atoms with E-state index in [1.807, 2.05) is 4.72 Å². The van der Waals surface area contributed by atoms with E-state index in [1.54, 1.807) is 0 Å². The number of nitrogens with zero attached hydrogens (tertiary/aromatic N) is 1. The van der Waals surface area contributed by atoms with Crippen molar-refractivity contribution in [1.82, 2.24) is 9.71 Å². The summed E-state index contributed by atoms with van der Waals surface area (Å²) in [6, 6.07) is 10.4. The van der Waals surface area contributed by atoms with Gasteiger partial charge in [-0.2, -0.15) is 13.2 Å². The molecule has 0 unspecified atom stereocenters. The van der Waals surface area contributed by atoms with Gasteiger partial charge in [-0.15, -0.1) is 0 Å². The highest BCUT2D eigenvalue weighted by atomic mass is 35.5. The average molecular weight is 591 g/mol. The standard InChI is InChI=1S/C24H19Cl2F3N2O6S/c1-35-9-10-36-18-7-5-15(6-8-22(32)31-38(33,34)19-4-2-3-17(25)12-19)21(13-18)37-23-20(26)11-16(14-30-23)24(27,28)29/h2-8,11-14H,9-10H2,1H3,(H,31,32). The van der Waals surface area contributed by atoms with E-state index >= 15 is 0 Å². The average Bonchev–Trinajstić information content (AvgIpc) is 2.84. The van der Waals surface area contributed by atoms with E-state index in [4.69, 9.17) is 37.4 Å². The number of hydrogen-bond donors (Lipinski definition) is 1. The number of carbonyl (C=O) groups excluding carboxylic acids is 1. The van der Waals surface area contributed by atoms with Crippen molar-refractivity contribution in [2.24, 2.45) is 0 Å². The summed E-state index contributed by atoms with van der Waals surface area (Å²) in [5, 5.41) is -0.244. The Morgan fingerprint density at radius 3 is 2.53 bits per heavy atom. The van der Waals surface area contributed by atoms with Gasteiger partial charge in [-0.3, -0.25) is 4.79 Å². The van der Waals surface area contributed by atoms with E-state index in [1.165, 1.54) is 55.7 Å². The van der Waals surface area contributed by atoms with Crippen molar-refractivity contribution in [3.8, 4) is 17.4 Å². The monoisotopic (exact) mass is 590 g/mol. The first kappa shape index (κ1) is 29.2. The molecular formula is C24H19Cl2F3N2O6S. The number of methoxy groups -OCH3 is 1. The molecule has 1 N–H and O–H groups in total. The summed E-state index contributed by atoms with van der Waals surface area (Å²) in [5.41, 5.74) is -0.832. The van der Waals surface area contributed by atoms with Gasteiger partial charge in [0.2, 0.25) is 5.88 Å². The molecular weight excluding hydrogens is 572 g/mol. The molecule has 1 amide bonds. The third kappa shape index (κ3) is 8.09. The van der Waals surface area contributed by atoms with E-state index in [0.717, 1.165) is 6.08 Å². The van der Waals surface area contributed by atoms with Gasteiger partial charge < -0.3 is 14.2 Å². The molecule has 0 aliphatic heterocycles. The lowest BCUT2D eigenvalue weighted by atomic mass is 10.1. The van der Waals surface area contributed by atoms with Crippen LogP contribution in [0.25, 0.3) is 6.08 Å². The van der Waals surface area contributed by atoms with Crippen molar-refractivity contribution < 1.29 is 40.6 Å². The molecule has 14 heteroatoms. The lowest BCUT2D eigenvalue weighted by Crippen LogP contribution is -2.28. The fourth-order valence-electron chi connectivity index (χ4n) is 2.86. The minimum absolute atomic E-state index is 0.0100. The van der Waals surface area contributed by atoms with Crippen LogP contribution in [0.2, 0.25) is 10.0 Å². The fourth-order valence-corrected chi connectivity index (χ4v) is 4.31. The molecule has 0 spiro atoms. The van der Waals surface area contributed by atoms with Crippen LogP contribution < -0.4 is 14.2 Å². The number of alkyl halides is 3. The summed E-state index contributed by atoms with van der Waals surface area (Å²) in [5.74, 6) is -1.00. The second-order valence-corrected chi connectivity index (χ2v) is 9.94. The zero-order valence-electron chi connectivity index (χ0n) is 19.5. The van der Waals surface area contributed by atoms with Crippen LogP contribution in [0, 0.1) is 0 Å². The van der Waals surface area contributed by atoms with Crippen LogP contribution in [0.4, 0.5) is 13.2 Å². The highest BCUT2D eigenvalue weighted by Gasteiger charge is 2.32. The number of rotatable bonds is 10. The number of benzene rings is 2. The number of hydrogen-bond acceptors (Lipinski definition) is 7. The number of nitrogens with one attached hydrogen (secondary N) is 1. The van der Waals surface area contributed by atoms with Gasteiger partial charge in [-0.1, -0.05) is 29.3 Å². The predicted octanol–water partition coefficient (Wildman–Crippen LogP) is 5.74. The maximum atomic E-state index is 13.0. The Kier molecular flexibility index (Phi) is 9.60. The van der Waals surface area contributed by atoms with Gasteiger partial charge in [0.25, 0.3) is 15.9 Å². The van der Waals surface area contributed by atoms with Gasteiger partial charge in [-0.05, 0) is 42.5 Å². The molecule has 202 valence electrons. The number of carbonyl (C=O) groups is 1. The number of ether oxygens (including phenoxy) is 3. The van der Waals surface area contributed by atoms with E-state index in [2.05, 4.69) is 4.98 Å². The lowest BCUT2D eigenvalue weighted by molar-refractivity contribution is -0.137. The van der Waals surface area contributed by atoms with Crippen molar-refractivity contribution >= 4 is 45.2 Å². The third-order valence-electron chi connectivity index (χ3n) is 4.64. The van der Waals surface area contributed by atoms with Crippen LogP contribution in [0.5, 0.6) is 17.4 Å². The molecule has 0 aliphatic rings. The second kappa shape index (κ2) is 12.5. The molecule has 8 nitrogen and oxygen atoms in total. The van der Waals surface area contributed by atoms with Crippen LogP contribution in [0.3, 0.4) is 0 Å². The molecule has 0 bridgehead atoms. The zero-order valence-corrected chi connectivity index (χ0v) is 21.8. The summed E-state index contributed by atoms with van der Waals surface area (Å²) in [7, 11) is -2.72. The topological polar surface area (TPSA) is 104 Å². The molecule has 0 radical (unpaired) electrons. The van der Waals surface area contributed by atoms with Gasteiger partial charge in [0.1, 0.15) is 23.1 Å². The predicted molar refractivity (Wildman–Crippen MR) is 134 cm³/mol. The highest BCUT2D eigenvalue weighted by Crippen LogP contribution is 2.36. The Bertz CT molecular complexity index is 1450. The SMILES string of the molecule is COCCOc1ccc(C=CC(=O)NS(=O)(=O)c2cccc(Cl)c2)c(Oc2ncc(C(F)(F)F)cc2Cl)c1. The van der Waals surface area contributed by atoms with Gasteiger partial charge in [-0.25, -0.2) is 18.1 Å². The van der Waals surface area contributed by atoms with Crippen molar-refractivity contribution in [2.45, 2.75) is 11.1 Å². The molecule has 0 fully saturated rings. The van der Waals surface area contributed by atoms with Gasteiger partial charge in [0.15, 0.2) is 0 Å². The van der Waals surface area contributed by atoms with E-state index in [-0.39, 0.29) is 40.3 Å². The van der Waals surface area contributed by atoms with Crippen LogP contribution in [0.15, 0.2) is 65.7 Å². The number of aromatic nitrogens is 1. The first-order valence-corrected chi connectivity index (χ1v) is 12.8. The highest BCUT2D eigenvalue weighted by molar-refractivity contribution is 7.90. The molecule has 2 aromatic carbocycles. The maximum absolute atomic E-state index is 13.0. The van der Waals surface area contributed by atoms with E-state index in [0.29, 0.717) is 18.0 Å². The van der Waals surface area contributed by atoms with Crippen LogP contribution >= 0.6 is 23.2 Å². The Hall–Kier alpha value is -3.32. The summed E-state index contributed by atoms with van der Waals surface area (Å²) in [4.78, 5) is 15.8. The van der Waals surface area contributed by atoms with Gasteiger partial charge in [0.05, 0.1) is 17.1 Å². The Morgan fingerprint density at radius 1 is 1.11 bits per heavy atom. The Morgan fingerprint density at radius 2 is 1.87 bits per heavy atom. The van der Waals surface area contributed by atoms with Gasteiger partial charge >= 0.3 is 6.18 Å². The summed E-state index contributed by atoms with van der Waals surface area (Å²) < 4.78 is 81.7. The number of halogens is 5. The van der Waals surface area contributed by atoms with Crippen LogP contribution in [-0.2, 0) is 25.7 Å². The Balaban J connectivity index is 1.87.